The topological polar surface area (TPSA) is 132 Å². The summed E-state index contributed by atoms with van der Waals surface area (Å²) in [6.07, 6.45) is 3.25. The van der Waals surface area contributed by atoms with Gasteiger partial charge in [-0.25, -0.2) is 9.78 Å². The number of ether oxygens (including phenoxy) is 1. The van der Waals surface area contributed by atoms with Crippen LogP contribution in [0.4, 0.5) is 22.2 Å². The van der Waals surface area contributed by atoms with E-state index < -0.39 is 11.7 Å². The Labute approximate surface area is 253 Å². The van der Waals surface area contributed by atoms with Gasteiger partial charge in [-0.2, -0.15) is 10.2 Å². The van der Waals surface area contributed by atoms with Gasteiger partial charge in [-0.05, 0) is 63.4 Å². The lowest BCUT2D eigenvalue weighted by Gasteiger charge is -2.27. The molecule has 2 aromatic carbocycles. The molecule has 0 aliphatic rings. The molecule has 2 amide bonds. The fourth-order valence-corrected chi connectivity index (χ4v) is 3.78. The van der Waals surface area contributed by atoms with Crippen LogP contribution in [0.1, 0.15) is 63.6 Å². The molecule has 0 atom stereocenters. The van der Waals surface area contributed by atoms with Crippen LogP contribution >= 0.6 is 0 Å². The molecular weight excluding hydrogens is 542 g/mol. The monoisotopic (exact) mass is 581 g/mol. The van der Waals surface area contributed by atoms with Crippen LogP contribution in [-0.2, 0) is 16.1 Å². The Bertz CT molecular complexity index is 1450. The Morgan fingerprint density at radius 3 is 2.47 bits per heavy atom. The van der Waals surface area contributed by atoms with E-state index in [2.05, 4.69) is 50.8 Å². The molecule has 43 heavy (non-hydrogen) atoms. The van der Waals surface area contributed by atoms with Gasteiger partial charge in [0.05, 0.1) is 23.4 Å². The fraction of sp³-hybridized carbons (Fsp3) is 0.364. The number of unbranched alkanes of at least 4 members (excludes halogenated alkanes) is 1. The first kappa shape index (κ1) is 32.4. The van der Waals surface area contributed by atoms with E-state index in [0.717, 1.165) is 24.2 Å². The number of hydrogen-bond donors (Lipinski definition) is 3. The van der Waals surface area contributed by atoms with Crippen LogP contribution in [0.5, 0.6) is 0 Å². The van der Waals surface area contributed by atoms with E-state index in [0.29, 0.717) is 42.3 Å². The lowest BCUT2D eigenvalue weighted by Crippen LogP contribution is -2.43. The zero-order chi connectivity index (χ0) is 31.1. The quantitative estimate of drug-likeness (QED) is 0.186. The Kier molecular flexibility index (Phi) is 12.3. The fourth-order valence-electron chi connectivity index (χ4n) is 3.78. The predicted molar refractivity (Wildman–Crippen MR) is 167 cm³/mol. The van der Waals surface area contributed by atoms with Crippen molar-refractivity contribution in [2.45, 2.75) is 59.1 Å². The second-order valence-corrected chi connectivity index (χ2v) is 10.8. The molecule has 0 fully saturated rings. The molecule has 3 N–H and O–H groups in total. The first-order valence-corrected chi connectivity index (χ1v) is 14.3. The Balaban J connectivity index is 1.53. The van der Waals surface area contributed by atoms with Crippen molar-refractivity contribution in [3.05, 3.63) is 77.5 Å². The van der Waals surface area contributed by atoms with Crippen molar-refractivity contribution in [3.8, 4) is 17.9 Å². The summed E-state index contributed by atoms with van der Waals surface area (Å²) in [5.41, 5.74) is 2.27. The highest BCUT2D eigenvalue weighted by atomic mass is 16.6. The van der Waals surface area contributed by atoms with Gasteiger partial charge in [0.25, 0.3) is 0 Å². The van der Waals surface area contributed by atoms with Gasteiger partial charge in [0.1, 0.15) is 18.0 Å². The molecule has 0 radical (unpaired) electrons. The van der Waals surface area contributed by atoms with Crippen LogP contribution in [0.15, 0.2) is 60.8 Å². The van der Waals surface area contributed by atoms with Gasteiger partial charge in [-0.3, -0.25) is 9.69 Å². The number of carbonyl (C=O) groups is 2. The van der Waals surface area contributed by atoms with Gasteiger partial charge < -0.3 is 20.7 Å². The molecule has 0 spiro atoms. The Morgan fingerprint density at radius 2 is 1.79 bits per heavy atom. The van der Waals surface area contributed by atoms with Gasteiger partial charge in [0.2, 0.25) is 11.9 Å². The molecule has 10 heteroatoms. The van der Waals surface area contributed by atoms with Crippen molar-refractivity contribution < 1.29 is 14.3 Å². The van der Waals surface area contributed by atoms with E-state index in [1.807, 2.05) is 30.3 Å². The molecule has 1 aromatic heterocycles. The molecular formula is C33H39N7O3. The number of anilines is 3. The third kappa shape index (κ3) is 11.7. The number of hydrogen-bond acceptors (Lipinski definition) is 8. The number of nitriles is 1. The zero-order valence-corrected chi connectivity index (χ0v) is 25.2. The van der Waals surface area contributed by atoms with Crippen LogP contribution in [0, 0.1) is 23.2 Å². The van der Waals surface area contributed by atoms with Gasteiger partial charge in [-0.15, -0.1) is 0 Å². The molecule has 0 aliphatic heterocycles. The van der Waals surface area contributed by atoms with Crippen molar-refractivity contribution >= 4 is 29.5 Å². The molecule has 0 unspecified atom stereocenters. The second-order valence-electron chi connectivity index (χ2n) is 10.8. The molecule has 10 nitrogen and oxygen atoms in total. The molecule has 0 aliphatic carbocycles. The average Bonchev–Trinajstić information content (AvgIpc) is 2.98. The highest BCUT2D eigenvalue weighted by Gasteiger charge is 2.24. The Hall–Kier alpha value is -5.09. The number of benzene rings is 2. The first-order chi connectivity index (χ1) is 20.7. The SMILES string of the molecule is CCCNc1nc(Nc2ccc(C#N)cc2)ncc1C#CCCCNC(=O)CN(Cc1ccccc1)C(=O)OC(C)(C)C. The summed E-state index contributed by atoms with van der Waals surface area (Å²) >= 11 is 0. The summed E-state index contributed by atoms with van der Waals surface area (Å²) in [5.74, 6) is 7.05. The number of nitrogens with zero attached hydrogens (tertiary/aromatic N) is 4. The summed E-state index contributed by atoms with van der Waals surface area (Å²) in [4.78, 5) is 35.8. The number of carbonyl (C=O) groups excluding carboxylic acids is 2. The van der Waals surface area contributed by atoms with E-state index in [1.54, 1.807) is 51.2 Å². The summed E-state index contributed by atoms with van der Waals surface area (Å²) < 4.78 is 5.51. The van der Waals surface area contributed by atoms with Crippen LogP contribution in [0.25, 0.3) is 0 Å². The maximum atomic E-state index is 12.8. The minimum atomic E-state index is -0.667. The van der Waals surface area contributed by atoms with Gasteiger partial charge >= 0.3 is 6.09 Å². The zero-order valence-electron chi connectivity index (χ0n) is 25.2. The standard InChI is InChI=1S/C33H39N7O3/c1-5-19-36-30-27(22-37-31(39-30)38-28-17-15-25(21-34)16-18-28)14-10-7-11-20-35-29(41)24-40(32(42)43-33(2,3)4)23-26-12-8-6-9-13-26/h6,8-9,12-13,15-18,22H,5,7,11,19-20,23-24H2,1-4H3,(H,35,41)(H2,36,37,38,39). The highest BCUT2D eigenvalue weighted by Crippen LogP contribution is 2.18. The Morgan fingerprint density at radius 1 is 1.05 bits per heavy atom. The van der Waals surface area contributed by atoms with E-state index in [9.17, 15) is 9.59 Å². The maximum Gasteiger partial charge on any atom is 0.411 e. The summed E-state index contributed by atoms with van der Waals surface area (Å²) in [5, 5.41) is 18.3. The lowest BCUT2D eigenvalue weighted by atomic mass is 10.2. The molecule has 1 heterocycles. The number of rotatable bonds is 12. The van der Waals surface area contributed by atoms with Crippen molar-refractivity contribution in [3.63, 3.8) is 0 Å². The van der Waals surface area contributed by atoms with Crippen LogP contribution in [0.2, 0.25) is 0 Å². The van der Waals surface area contributed by atoms with Crippen LogP contribution in [0.3, 0.4) is 0 Å². The summed E-state index contributed by atoms with van der Waals surface area (Å²) in [6, 6.07) is 18.6. The lowest BCUT2D eigenvalue weighted by molar-refractivity contribution is -0.122. The van der Waals surface area contributed by atoms with E-state index in [4.69, 9.17) is 10.00 Å². The molecule has 0 saturated heterocycles. The largest absolute Gasteiger partial charge is 0.444 e. The summed E-state index contributed by atoms with van der Waals surface area (Å²) in [6.45, 7) is 8.77. The summed E-state index contributed by atoms with van der Waals surface area (Å²) in [7, 11) is 0. The highest BCUT2D eigenvalue weighted by molar-refractivity contribution is 5.82. The van der Waals surface area contributed by atoms with Gasteiger partial charge in [-0.1, -0.05) is 49.1 Å². The van der Waals surface area contributed by atoms with E-state index in [1.165, 1.54) is 4.90 Å². The maximum absolute atomic E-state index is 12.8. The van der Waals surface area contributed by atoms with Gasteiger partial charge in [0.15, 0.2) is 0 Å². The number of aromatic nitrogens is 2. The van der Waals surface area contributed by atoms with E-state index >= 15 is 0 Å². The molecule has 3 aromatic rings. The predicted octanol–water partition coefficient (Wildman–Crippen LogP) is 5.60. The third-order valence-corrected chi connectivity index (χ3v) is 5.83. The molecule has 3 rings (SSSR count). The normalized spacial score (nSPS) is 10.5. The average molecular weight is 582 g/mol. The van der Waals surface area contributed by atoms with Gasteiger partial charge in [0, 0.05) is 31.7 Å². The minimum absolute atomic E-state index is 0.109. The first-order valence-electron chi connectivity index (χ1n) is 14.3. The van der Waals surface area contributed by atoms with Crippen LogP contribution < -0.4 is 16.0 Å². The van der Waals surface area contributed by atoms with Crippen LogP contribution in [-0.4, -0.2) is 52.1 Å². The smallest absolute Gasteiger partial charge is 0.411 e. The number of amides is 2. The molecule has 224 valence electrons. The third-order valence-electron chi connectivity index (χ3n) is 5.83. The van der Waals surface area contributed by atoms with Crippen molar-refractivity contribution in [1.29, 1.82) is 5.26 Å². The van der Waals surface area contributed by atoms with Crippen molar-refractivity contribution in [2.24, 2.45) is 0 Å². The second kappa shape index (κ2) is 16.4. The van der Waals surface area contributed by atoms with Crippen molar-refractivity contribution in [1.82, 2.24) is 20.2 Å². The molecule has 0 saturated carbocycles. The minimum Gasteiger partial charge on any atom is -0.444 e. The number of nitrogens with one attached hydrogen (secondary N) is 3. The molecule has 0 bridgehead atoms. The van der Waals surface area contributed by atoms with Crippen molar-refractivity contribution in [2.75, 3.05) is 30.3 Å². The van der Waals surface area contributed by atoms with E-state index in [-0.39, 0.29) is 19.0 Å².